The van der Waals surface area contributed by atoms with Gasteiger partial charge in [-0.2, -0.15) is 0 Å². The maximum absolute atomic E-state index is 11.4. The summed E-state index contributed by atoms with van der Waals surface area (Å²) in [5.41, 5.74) is 3.38. The number of hydrogen-bond donors (Lipinski definition) is 1. The number of carbonyl (C=O) groups excluding carboxylic acids is 1. The molecule has 3 heterocycles. The number of amides is 1. The Balaban J connectivity index is 1.78. The van der Waals surface area contributed by atoms with Crippen molar-refractivity contribution in [2.24, 2.45) is 0 Å². The molecule has 1 saturated carbocycles. The summed E-state index contributed by atoms with van der Waals surface area (Å²) in [6.07, 6.45) is 4.05. The van der Waals surface area contributed by atoms with Gasteiger partial charge in [-0.15, -0.1) is 0 Å². The van der Waals surface area contributed by atoms with Crippen molar-refractivity contribution >= 4 is 23.2 Å². The maximum Gasteiger partial charge on any atom is 0.222 e. The largest absolute Gasteiger partial charge is 0.374 e. The summed E-state index contributed by atoms with van der Waals surface area (Å²) in [6, 6.07) is 3.94. The molecule has 2 aromatic heterocycles. The van der Waals surface area contributed by atoms with Gasteiger partial charge in [0.05, 0.1) is 5.69 Å². The van der Waals surface area contributed by atoms with E-state index in [2.05, 4.69) is 20.2 Å². The van der Waals surface area contributed by atoms with Gasteiger partial charge in [-0.3, -0.25) is 4.79 Å². The van der Waals surface area contributed by atoms with Gasteiger partial charge in [0.1, 0.15) is 17.7 Å². The van der Waals surface area contributed by atoms with Crippen molar-refractivity contribution in [2.45, 2.75) is 45.1 Å². The molecule has 1 unspecified atom stereocenters. The Bertz CT molecular complexity index is 878. The molecule has 2 aromatic rings. The molecule has 1 amide bonds. The number of methoxy groups -OCH3 is 1. The van der Waals surface area contributed by atoms with Gasteiger partial charge in [0.2, 0.25) is 5.91 Å². The molecule has 2 aliphatic rings. The smallest absolute Gasteiger partial charge is 0.222 e. The van der Waals surface area contributed by atoms with Crippen molar-refractivity contribution in [1.29, 1.82) is 0 Å². The summed E-state index contributed by atoms with van der Waals surface area (Å²) >= 11 is 0. The summed E-state index contributed by atoms with van der Waals surface area (Å²) in [5.74, 6) is 1.98. The van der Waals surface area contributed by atoms with Crippen LogP contribution in [0.25, 0.3) is 0 Å². The van der Waals surface area contributed by atoms with Crippen LogP contribution in [0.3, 0.4) is 0 Å². The van der Waals surface area contributed by atoms with E-state index in [1.165, 1.54) is 12.5 Å². The third kappa shape index (κ3) is 2.82. The lowest BCUT2D eigenvalue weighted by atomic mass is 10.0. The van der Waals surface area contributed by atoms with Gasteiger partial charge in [-0.25, -0.2) is 15.0 Å². The highest BCUT2D eigenvalue weighted by molar-refractivity contribution is 5.89. The Morgan fingerprint density at radius 2 is 2.12 bits per heavy atom. The minimum atomic E-state index is -0.169. The molecule has 1 N–H and O–H groups in total. The molecular weight excluding hydrogens is 330 g/mol. The second-order valence-electron chi connectivity index (χ2n) is 7.24. The van der Waals surface area contributed by atoms with Crippen LogP contribution in [-0.2, 0) is 14.9 Å². The van der Waals surface area contributed by atoms with Gasteiger partial charge in [0, 0.05) is 55.6 Å². The molecule has 7 nitrogen and oxygen atoms in total. The number of aryl methyl sites for hydroxylation is 1. The van der Waals surface area contributed by atoms with Crippen LogP contribution in [0.4, 0.5) is 17.3 Å². The van der Waals surface area contributed by atoms with Crippen LogP contribution >= 0.6 is 0 Å². The summed E-state index contributed by atoms with van der Waals surface area (Å²) < 4.78 is 5.39. The van der Waals surface area contributed by atoms with E-state index in [-0.39, 0.29) is 17.4 Å². The Hall–Kier alpha value is -2.54. The zero-order valence-corrected chi connectivity index (χ0v) is 15.5. The average molecular weight is 353 g/mol. The Kier molecular flexibility index (Phi) is 3.91. The van der Waals surface area contributed by atoms with Crippen molar-refractivity contribution in [2.75, 3.05) is 23.9 Å². The highest BCUT2D eigenvalue weighted by atomic mass is 16.5. The lowest BCUT2D eigenvalue weighted by Crippen LogP contribution is -2.21. The van der Waals surface area contributed by atoms with Crippen molar-refractivity contribution in [3.8, 4) is 0 Å². The maximum atomic E-state index is 11.4. The number of pyridine rings is 1. The second kappa shape index (κ2) is 6.02. The highest BCUT2D eigenvalue weighted by Crippen LogP contribution is 2.58. The van der Waals surface area contributed by atoms with Gasteiger partial charge in [-0.1, -0.05) is 0 Å². The zero-order valence-electron chi connectivity index (χ0n) is 15.5. The number of ether oxygens (including phenoxy) is 1. The van der Waals surface area contributed by atoms with Gasteiger partial charge in [0.15, 0.2) is 5.82 Å². The lowest BCUT2D eigenvalue weighted by Gasteiger charge is -2.21. The molecule has 0 radical (unpaired) electrons. The van der Waals surface area contributed by atoms with Crippen molar-refractivity contribution < 1.29 is 9.53 Å². The van der Waals surface area contributed by atoms with Crippen LogP contribution in [0.2, 0.25) is 0 Å². The molecule has 0 bridgehead atoms. The second-order valence-corrected chi connectivity index (χ2v) is 7.24. The van der Waals surface area contributed by atoms with E-state index in [1.807, 2.05) is 32.2 Å². The number of carbonyl (C=O) groups is 1. The summed E-state index contributed by atoms with van der Waals surface area (Å²) in [6.45, 7) is 6.28. The number of fused-ring (bicyclic) bond motifs is 2. The topological polar surface area (TPSA) is 80.2 Å². The number of nitrogens with zero attached hydrogens (tertiary/aromatic N) is 4. The van der Waals surface area contributed by atoms with Gasteiger partial charge in [-0.05, 0) is 26.7 Å². The van der Waals surface area contributed by atoms with E-state index in [4.69, 9.17) is 9.72 Å². The lowest BCUT2D eigenvalue weighted by molar-refractivity contribution is -0.114. The highest BCUT2D eigenvalue weighted by Gasteiger charge is 2.52. The minimum Gasteiger partial charge on any atom is -0.374 e. The number of rotatable bonds is 4. The molecular formula is C19H23N5O2. The van der Waals surface area contributed by atoms with Gasteiger partial charge < -0.3 is 15.0 Å². The monoisotopic (exact) mass is 353 g/mol. The van der Waals surface area contributed by atoms with E-state index >= 15 is 0 Å². The van der Waals surface area contributed by atoms with Gasteiger partial charge in [0.25, 0.3) is 0 Å². The van der Waals surface area contributed by atoms with E-state index in [0.29, 0.717) is 11.6 Å². The Morgan fingerprint density at radius 1 is 1.35 bits per heavy atom. The van der Waals surface area contributed by atoms with E-state index < -0.39 is 0 Å². The fourth-order valence-corrected chi connectivity index (χ4v) is 3.58. The molecule has 4 rings (SSSR count). The molecule has 7 heteroatoms. The van der Waals surface area contributed by atoms with Crippen molar-refractivity contribution in [3.63, 3.8) is 0 Å². The first-order valence-corrected chi connectivity index (χ1v) is 8.86. The molecule has 0 aromatic carbocycles. The molecule has 0 saturated heterocycles. The molecule has 1 fully saturated rings. The third-order valence-electron chi connectivity index (χ3n) is 5.21. The first-order chi connectivity index (χ1) is 12.4. The van der Waals surface area contributed by atoms with Crippen LogP contribution in [0, 0.1) is 6.92 Å². The Labute approximate surface area is 152 Å². The first-order valence-electron chi connectivity index (χ1n) is 8.86. The fraction of sp³-hybridized carbons (Fsp3) is 0.474. The molecule has 1 aliphatic carbocycles. The van der Waals surface area contributed by atoms with E-state index in [0.717, 1.165) is 36.6 Å². The third-order valence-corrected chi connectivity index (χ3v) is 5.21. The normalized spacial score (nSPS) is 17.9. The number of anilines is 3. The van der Waals surface area contributed by atoms with E-state index in [1.54, 1.807) is 7.11 Å². The standard InChI is InChI=1S/C19H23N5O2/c1-11-7-17(23-18(21-11)12(2)26-4)24-10-19(5-6-19)14-9-20-16(8-15(14)24)22-13(3)25/h7-9,12H,5-6,10H2,1-4H3,(H,20,22,25). The average Bonchev–Trinajstić information content (AvgIpc) is 3.30. The number of nitrogens with one attached hydrogen (secondary N) is 1. The predicted molar refractivity (Wildman–Crippen MR) is 98.7 cm³/mol. The molecule has 26 heavy (non-hydrogen) atoms. The van der Waals surface area contributed by atoms with Crippen LogP contribution in [0.1, 0.15) is 49.9 Å². The summed E-state index contributed by atoms with van der Waals surface area (Å²) in [4.78, 5) is 27.3. The molecule has 136 valence electrons. The fourth-order valence-electron chi connectivity index (χ4n) is 3.58. The van der Waals surface area contributed by atoms with Crippen LogP contribution in [0.15, 0.2) is 18.3 Å². The number of hydrogen-bond acceptors (Lipinski definition) is 6. The summed E-state index contributed by atoms with van der Waals surface area (Å²) in [5, 5.41) is 2.77. The SMILES string of the molecule is COC(C)c1nc(C)cc(N2CC3(CC3)c3cnc(NC(C)=O)cc32)n1. The van der Waals surface area contributed by atoms with Gasteiger partial charge >= 0.3 is 0 Å². The quantitative estimate of drug-likeness (QED) is 0.910. The number of aromatic nitrogens is 3. The molecule has 1 aliphatic heterocycles. The van der Waals surface area contributed by atoms with Crippen LogP contribution in [0.5, 0.6) is 0 Å². The van der Waals surface area contributed by atoms with Crippen molar-refractivity contribution in [1.82, 2.24) is 15.0 Å². The minimum absolute atomic E-state index is 0.128. The summed E-state index contributed by atoms with van der Waals surface area (Å²) in [7, 11) is 1.66. The molecule has 1 atom stereocenters. The Morgan fingerprint density at radius 3 is 2.77 bits per heavy atom. The zero-order chi connectivity index (χ0) is 18.5. The predicted octanol–water partition coefficient (Wildman–Crippen LogP) is 3.03. The van der Waals surface area contributed by atoms with E-state index in [9.17, 15) is 4.79 Å². The van der Waals surface area contributed by atoms with Crippen LogP contribution < -0.4 is 10.2 Å². The van der Waals surface area contributed by atoms with Crippen LogP contribution in [-0.4, -0.2) is 34.5 Å². The molecule has 1 spiro atoms. The first kappa shape index (κ1) is 16.9. The van der Waals surface area contributed by atoms with Crippen molar-refractivity contribution in [3.05, 3.63) is 35.4 Å².